The lowest BCUT2D eigenvalue weighted by Gasteiger charge is -2.22. The second-order valence-corrected chi connectivity index (χ2v) is 7.40. The summed E-state index contributed by atoms with van der Waals surface area (Å²) in [5.41, 5.74) is 0.0505. The summed E-state index contributed by atoms with van der Waals surface area (Å²) in [6.07, 6.45) is 6.42. The molecular weight excluding hydrogens is 346 g/mol. The Morgan fingerprint density at radius 1 is 1.30 bits per heavy atom. The van der Waals surface area contributed by atoms with Gasteiger partial charge in [0.15, 0.2) is 0 Å². The summed E-state index contributed by atoms with van der Waals surface area (Å²) in [5, 5.41) is 0. The van der Waals surface area contributed by atoms with Crippen LogP contribution in [0, 0.1) is 11.8 Å². The molecule has 4 atom stereocenters. The van der Waals surface area contributed by atoms with Crippen LogP contribution in [0.1, 0.15) is 26.2 Å². The summed E-state index contributed by atoms with van der Waals surface area (Å²) in [6, 6.07) is 7.34. The summed E-state index contributed by atoms with van der Waals surface area (Å²) >= 11 is 0. The van der Waals surface area contributed by atoms with Crippen molar-refractivity contribution in [2.75, 3.05) is 25.2 Å². The van der Waals surface area contributed by atoms with Crippen LogP contribution in [0.3, 0.4) is 0 Å². The van der Waals surface area contributed by atoms with Crippen LogP contribution in [0.5, 0.6) is 5.75 Å². The Morgan fingerprint density at radius 2 is 2.07 bits per heavy atom. The first-order chi connectivity index (χ1) is 13.1. The van der Waals surface area contributed by atoms with E-state index < -0.39 is 17.4 Å². The van der Waals surface area contributed by atoms with Crippen molar-refractivity contribution < 1.29 is 23.8 Å². The molecule has 6 nitrogen and oxygen atoms in total. The highest BCUT2D eigenvalue weighted by atomic mass is 16.6. The standard InChI is InChI=1S/C21H25NO5/c1-3-4-5-12-26-20(24)17-16-10-11-21(27-16)13-22(19(23)18(17)21)14-6-8-15(25-2)9-7-14/h6-11,16-18H,3-5,12-13H2,1-2H3/t16-,17+,18-,21+/m1/s1. The maximum Gasteiger partial charge on any atom is 0.312 e. The fraction of sp³-hybridized carbons (Fsp3) is 0.524. The highest BCUT2D eigenvalue weighted by molar-refractivity contribution is 6.02. The van der Waals surface area contributed by atoms with E-state index in [1.54, 1.807) is 12.0 Å². The van der Waals surface area contributed by atoms with Gasteiger partial charge in [-0.25, -0.2) is 0 Å². The van der Waals surface area contributed by atoms with Crippen molar-refractivity contribution in [2.24, 2.45) is 11.8 Å². The number of ether oxygens (including phenoxy) is 3. The number of amides is 1. The monoisotopic (exact) mass is 371 g/mol. The summed E-state index contributed by atoms with van der Waals surface area (Å²) in [5.74, 6) is -0.755. The molecule has 3 aliphatic heterocycles. The maximum absolute atomic E-state index is 13.2. The van der Waals surface area contributed by atoms with E-state index in [-0.39, 0.29) is 18.0 Å². The Kier molecular flexibility index (Phi) is 4.68. The lowest BCUT2D eigenvalue weighted by atomic mass is 9.77. The average molecular weight is 371 g/mol. The van der Waals surface area contributed by atoms with Gasteiger partial charge in [-0.3, -0.25) is 9.59 Å². The maximum atomic E-state index is 13.2. The van der Waals surface area contributed by atoms with E-state index in [4.69, 9.17) is 14.2 Å². The molecule has 2 fully saturated rings. The van der Waals surface area contributed by atoms with E-state index in [1.807, 2.05) is 36.4 Å². The van der Waals surface area contributed by atoms with Gasteiger partial charge in [0.25, 0.3) is 0 Å². The molecule has 0 unspecified atom stereocenters. The summed E-state index contributed by atoms with van der Waals surface area (Å²) < 4.78 is 16.8. The second kappa shape index (κ2) is 7.00. The van der Waals surface area contributed by atoms with E-state index >= 15 is 0 Å². The molecule has 3 heterocycles. The van der Waals surface area contributed by atoms with Gasteiger partial charge in [0.2, 0.25) is 5.91 Å². The quantitative estimate of drug-likeness (QED) is 0.419. The smallest absolute Gasteiger partial charge is 0.312 e. The lowest BCUT2D eigenvalue weighted by Crippen LogP contribution is -2.40. The number of hydrogen-bond donors (Lipinski definition) is 0. The SMILES string of the molecule is CCCCCOC(=O)[C@H]1[C@H]2C=C[C@@]3(CN(c4ccc(OC)cc4)C(=O)[C@@H]13)O2. The van der Waals surface area contributed by atoms with Crippen molar-refractivity contribution >= 4 is 17.6 Å². The van der Waals surface area contributed by atoms with Gasteiger partial charge in [0, 0.05) is 5.69 Å². The van der Waals surface area contributed by atoms with Gasteiger partial charge < -0.3 is 19.1 Å². The first-order valence-corrected chi connectivity index (χ1v) is 9.59. The van der Waals surface area contributed by atoms with E-state index in [2.05, 4.69) is 6.92 Å². The van der Waals surface area contributed by atoms with Crippen LogP contribution in [-0.2, 0) is 19.1 Å². The third kappa shape index (κ3) is 2.92. The Labute approximate surface area is 159 Å². The molecule has 27 heavy (non-hydrogen) atoms. The number of carbonyl (C=O) groups is 2. The van der Waals surface area contributed by atoms with E-state index in [9.17, 15) is 9.59 Å². The van der Waals surface area contributed by atoms with Crippen molar-refractivity contribution in [2.45, 2.75) is 37.9 Å². The number of benzene rings is 1. The van der Waals surface area contributed by atoms with Crippen LogP contribution in [-0.4, -0.2) is 43.8 Å². The molecule has 0 radical (unpaired) electrons. The van der Waals surface area contributed by atoms with Gasteiger partial charge in [-0.1, -0.05) is 31.9 Å². The van der Waals surface area contributed by atoms with Crippen LogP contribution in [0.25, 0.3) is 0 Å². The van der Waals surface area contributed by atoms with Gasteiger partial charge in [0.1, 0.15) is 17.3 Å². The number of hydrogen-bond acceptors (Lipinski definition) is 5. The minimum absolute atomic E-state index is 0.0810. The number of esters is 1. The van der Waals surface area contributed by atoms with Crippen molar-refractivity contribution in [1.82, 2.24) is 0 Å². The molecule has 1 aromatic carbocycles. The number of rotatable bonds is 7. The van der Waals surface area contributed by atoms with Gasteiger partial charge in [0.05, 0.1) is 32.3 Å². The van der Waals surface area contributed by atoms with Gasteiger partial charge in [-0.2, -0.15) is 0 Å². The Morgan fingerprint density at radius 3 is 2.78 bits per heavy atom. The Balaban J connectivity index is 1.52. The molecule has 1 spiro atoms. The molecule has 2 saturated heterocycles. The Bertz CT molecular complexity index is 758. The van der Waals surface area contributed by atoms with E-state index in [0.29, 0.717) is 13.2 Å². The number of nitrogens with zero attached hydrogens (tertiary/aromatic N) is 1. The zero-order valence-electron chi connectivity index (χ0n) is 15.7. The second-order valence-electron chi connectivity index (χ2n) is 7.40. The van der Waals surface area contributed by atoms with Crippen LogP contribution < -0.4 is 9.64 Å². The molecule has 4 rings (SSSR count). The fourth-order valence-corrected chi connectivity index (χ4v) is 4.37. The topological polar surface area (TPSA) is 65.1 Å². The number of methoxy groups -OCH3 is 1. The average Bonchev–Trinajstić information content (AvgIpc) is 3.33. The summed E-state index contributed by atoms with van der Waals surface area (Å²) in [6.45, 7) is 2.91. The lowest BCUT2D eigenvalue weighted by molar-refractivity contribution is -0.152. The van der Waals surface area contributed by atoms with E-state index in [1.165, 1.54) is 0 Å². The minimum atomic E-state index is -0.727. The molecule has 3 aliphatic rings. The van der Waals surface area contributed by atoms with Crippen LogP contribution in [0.15, 0.2) is 36.4 Å². The third-order valence-corrected chi connectivity index (χ3v) is 5.75. The van der Waals surface area contributed by atoms with Gasteiger partial charge >= 0.3 is 5.97 Å². The first-order valence-electron chi connectivity index (χ1n) is 9.59. The predicted molar refractivity (Wildman–Crippen MR) is 99.6 cm³/mol. The van der Waals surface area contributed by atoms with Crippen molar-refractivity contribution in [3.8, 4) is 5.75 Å². The summed E-state index contributed by atoms with van der Waals surface area (Å²) in [4.78, 5) is 27.6. The van der Waals surface area contributed by atoms with Crippen molar-refractivity contribution in [3.63, 3.8) is 0 Å². The molecule has 0 aliphatic carbocycles. The molecule has 144 valence electrons. The van der Waals surface area contributed by atoms with Crippen molar-refractivity contribution in [1.29, 1.82) is 0 Å². The molecule has 1 amide bonds. The molecule has 0 N–H and O–H groups in total. The predicted octanol–water partition coefficient (Wildman–Crippen LogP) is 2.72. The molecule has 0 aromatic heterocycles. The first kappa shape index (κ1) is 18.0. The molecule has 1 aromatic rings. The Hall–Kier alpha value is -2.34. The van der Waals surface area contributed by atoms with Gasteiger partial charge in [-0.05, 0) is 30.7 Å². The normalized spacial score (nSPS) is 30.7. The van der Waals surface area contributed by atoms with E-state index in [0.717, 1.165) is 30.7 Å². The molecule has 0 saturated carbocycles. The summed E-state index contributed by atoms with van der Waals surface area (Å²) in [7, 11) is 1.60. The largest absolute Gasteiger partial charge is 0.497 e. The fourth-order valence-electron chi connectivity index (χ4n) is 4.37. The molecule has 2 bridgehead atoms. The zero-order chi connectivity index (χ0) is 19.0. The number of fused-ring (bicyclic) bond motifs is 1. The number of anilines is 1. The minimum Gasteiger partial charge on any atom is -0.497 e. The molecular formula is C21H25NO5. The third-order valence-electron chi connectivity index (χ3n) is 5.75. The highest BCUT2D eigenvalue weighted by Crippen LogP contribution is 2.52. The zero-order valence-corrected chi connectivity index (χ0v) is 15.7. The van der Waals surface area contributed by atoms with Crippen molar-refractivity contribution in [3.05, 3.63) is 36.4 Å². The van der Waals surface area contributed by atoms with Gasteiger partial charge in [-0.15, -0.1) is 0 Å². The van der Waals surface area contributed by atoms with Crippen LogP contribution in [0.4, 0.5) is 5.69 Å². The molecule has 6 heteroatoms. The van der Waals surface area contributed by atoms with Crippen LogP contribution in [0.2, 0.25) is 0 Å². The number of carbonyl (C=O) groups excluding carboxylic acids is 2. The number of unbranched alkanes of at least 4 members (excludes halogenated alkanes) is 2. The highest BCUT2D eigenvalue weighted by Gasteiger charge is 2.67. The van der Waals surface area contributed by atoms with Crippen LogP contribution >= 0.6 is 0 Å².